The fourth-order valence-corrected chi connectivity index (χ4v) is 2.16. The molecule has 6 heteroatoms. The number of hydrogen-bond acceptors (Lipinski definition) is 3. The number of rotatable bonds is 3. The number of carbonyl (C=O) groups excluding carboxylic acids is 1. The fraction of sp³-hybridized carbons (Fsp3) is 0.0625. The Morgan fingerprint density at radius 3 is 2.64 bits per heavy atom. The third-order valence-corrected chi connectivity index (χ3v) is 3.18. The lowest BCUT2D eigenvalue weighted by Gasteiger charge is -2.10. The Hall–Kier alpha value is -3.02. The van der Waals surface area contributed by atoms with Crippen LogP contribution in [0.15, 0.2) is 59.5 Å². The highest BCUT2D eigenvalue weighted by Gasteiger charge is 2.09. The van der Waals surface area contributed by atoms with Crippen molar-refractivity contribution in [1.29, 1.82) is 0 Å². The van der Waals surface area contributed by atoms with Crippen LogP contribution in [0.4, 0.5) is 10.1 Å². The topological polar surface area (TPSA) is 64.0 Å². The number of carbonyl (C=O) groups is 1. The molecule has 0 fully saturated rings. The summed E-state index contributed by atoms with van der Waals surface area (Å²) in [5.41, 5.74) is 1.34. The lowest BCUT2D eigenvalue weighted by Crippen LogP contribution is -2.27. The van der Waals surface area contributed by atoms with E-state index < -0.39 is 0 Å². The summed E-state index contributed by atoms with van der Waals surface area (Å²) in [7, 11) is 0. The number of nitrogens with zero attached hydrogens (tertiary/aromatic N) is 2. The molecule has 1 amide bonds. The molecule has 0 saturated carbocycles. The van der Waals surface area contributed by atoms with Gasteiger partial charge in [-0.2, -0.15) is 0 Å². The van der Waals surface area contributed by atoms with Gasteiger partial charge in [-0.1, -0.05) is 12.1 Å². The zero-order valence-corrected chi connectivity index (χ0v) is 11.5. The van der Waals surface area contributed by atoms with Crippen LogP contribution in [-0.2, 0) is 11.3 Å². The Morgan fingerprint density at radius 2 is 1.86 bits per heavy atom. The SMILES string of the molecule is O=C(Cn1c(=O)cnc2ccccc21)Nc1ccc(F)cc1. The number of nitrogens with one attached hydrogen (secondary N) is 1. The first-order valence-electron chi connectivity index (χ1n) is 6.63. The Balaban J connectivity index is 1.86. The van der Waals surface area contributed by atoms with E-state index in [0.29, 0.717) is 16.7 Å². The van der Waals surface area contributed by atoms with Crippen molar-refractivity contribution in [2.45, 2.75) is 6.54 Å². The molecule has 1 heterocycles. The maximum Gasteiger partial charge on any atom is 0.269 e. The number of hydrogen-bond donors (Lipinski definition) is 1. The van der Waals surface area contributed by atoms with Gasteiger partial charge in [0.15, 0.2) is 0 Å². The number of halogens is 1. The van der Waals surface area contributed by atoms with Crippen LogP contribution in [0.2, 0.25) is 0 Å². The first-order chi connectivity index (χ1) is 10.6. The van der Waals surface area contributed by atoms with Gasteiger partial charge in [0.05, 0.1) is 17.2 Å². The zero-order valence-electron chi connectivity index (χ0n) is 11.5. The Morgan fingerprint density at radius 1 is 1.14 bits per heavy atom. The third-order valence-electron chi connectivity index (χ3n) is 3.18. The van der Waals surface area contributed by atoms with E-state index in [1.165, 1.54) is 35.0 Å². The van der Waals surface area contributed by atoms with Crippen LogP contribution >= 0.6 is 0 Å². The van der Waals surface area contributed by atoms with Crippen molar-refractivity contribution < 1.29 is 9.18 Å². The molecule has 22 heavy (non-hydrogen) atoms. The second-order valence-electron chi connectivity index (χ2n) is 4.73. The zero-order chi connectivity index (χ0) is 15.5. The van der Waals surface area contributed by atoms with Crippen molar-refractivity contribution >= 4 is 22.6 Å². The molecule has 3 aromatic rings. The van der Waals surface area contributed by atoms with Crippen molar-refractivity contribution in [3.8, 4) is 0 Å². The molecule has 0 aliphatic heterocycles. The van der Waals surface area contributed by atoms with Gasteiger partial charge >= 0.3 is 0 Å². The Bertz CT molecular complexity index is 888. The predicted molar refractivity (Wildman–Crippen MR) is 81.0 cm³/mol. The summed E-state index contributed by atoms with van der Waals surface area (Å²) >= 11 is 0. The molecule has 1 N–H and O–H groups in total. The lowest BCUT2D eigenvalue weighted by atomic mass is 10.3. The summed E-state index contributed by atoms with van der Waals surface area (Å²) in [6.07, 6.45) is 1.19. The van der Waals surface area contributed by atoms with E-state index in [-0.39, 0.29) is 23.8 Å². The number of benzene rings is 2. The summed E-state index contributed by atoms with van der Waals surface area (Å²) in [4.78, 5) is 28.1. The quantitative estimate of drug-likeness (QED) is 0.806. The summed E-state index contributed by atoms with van der Waals surface area (Å²) in [6, 6.07) is 12.5. The number of para-hydroxylation sites is 2. The molecule has 0 saturated heterocycles. The summed E-state index contributed by atoms with van der Waals surface area (Å²) < 4.78 is 14.2. The van der Waals surface area contributed by atoms with Crippen LogP contribution in [0.1, 0.15) is 0 Å². The highest BCUT2D eigenvalue weighted by atomic mass is 19.1. The van der Waals surface area contributed by atoms with Gasteiger partial charge in [-0.05, 0) is 36.4 Å². The van der Waals surface area contributed by atoms with Crippen LogP contribution in [0.5, 0.6) is 0 Å². The van der Waals surface area contributed by atoms with Gasteiger partial charge in [0.1, 0.15) is 12.4 Å². The maximum absolute atomic E-state index is 12.8. The second-order valence-corrected chi connectivity index (χ2v) is 4.73. The van der Waals surface area contributed by atoms with E-state index in [1.54, 1.807) is 18.2 Å². The normalized spacial score (nSPS) is 10.6. The van der Waals surface area contributed by atoms with Crippen molar-refractivity contribution in [2.75, 3.05) is 5.32 Å². The minimum Gasteiger partial charge on any atom is -0.325 e. The molecular weight excluding hydrogens is 285 g/mol. The second kappa shape index (κ2) is 5.77. The highest BCUT2D eigenvalue weighted by Crippen LogP contribution is 2.10. The summed E-state index contributed by atoms with van der Waals surface area (Å²) in [5.74, 6) is -0.751. The van der Waals surface area contributed by atoms with Gasteiger partial charge in [-0.15, -0.1) is 0 Å². The molecule has 3 rings (SSSR count). The Kier molecular flexibility index (Phi) is 3.65. The first kappa shape index (κ1) is 13.9. The maximum atomic E-state index is 12.8. The highest BCUT2D eigenvalue weighted by molar-refractivity contribution is 5.91. The Labute approximate surface area is 125 Å². The molecule has 0 aliphatic rings. The molecule has 1 aromatic heterocycles. The predicted octanol–water partition coefficient (Wildman–Crippen LogP) is 2.17. The van der Waals surface area contributed by atoms with Crippen molar-refractivity contribution in [2.24, 2.45) is 0 Å². The van der Waals surface area contributed by atoms with E-state index in [4.69, 9.17) is 0 Å². The first-order valence-corrected chi connectivity index (χ1v) is 6.63. The van der Waals surface area contributed by atoms with E-state index >= 15 is 0 Å². The smallest absolute Gasteiger partial charge is 0.269 e. The molecule has 0 aliphatic carbocycles. The minimum atomic E-state index is -0.380. The van der Waals surface area contributed by atoms with Crippen LogP contribution in [0.3, 0.4) is 0 Å². The molecule has 0 atom stereocenters. The third kappa shape index (κ3) is 2.85. The van der Waals surface area contributed by atoms with Gasteiger partial charge in [0, 0.05) is 5.69 Å². The number of aromatic nitrogens is 2. The van der Waals surface area contributed by atoms with Crippen molar-refractivity contribution in [1.82, 2.24) is 9.55 Å². The summed E-state index contributed by atoms with van der Waals surface area (Å²) in [6.45, 7) is -0.140. The van der Waals surface area contributed by atoms with Crippen molar-refractivity contribution in [3.05, 3.63) is 70.9 Å². The molecule has 2 aromatic carbocycles. The standard InChI is InChI=1S/C16H12FN3O2/c17-11-5-7-12(8-6-11)19-15(21)10-20-14-4-2-1-3-13(14)18-9-16(20)22/h1-9H,10H2,(H,19,21). The van der Waals surface area contributed by atoms with Crippen molar-refractivity contribution in [3.63, 3.8) is 0 Å². The van der Waals surface area contributed by atoms with Gasteiger partial charge < -0.3 is 5.32 Å². The molecule has 0 bridgehead atoms. The molecule has 0 radical (unpaired) electrons. The lowest BCUT2D eigenvalue weighted by molar-refractivity contribution is -0.116. The molecule has 5 nitrogen and oxygen atoms in total. The van der Waals surface area contributed by atoms with Gasteiger partial charge in [0.2, 0.25) is 5.91 Å². The molecular formula is C16H12FN3O2. The minimum absolute atomic E-state index is 0.140. The van der Waals surface area contributed by atoms with E-state index in [0.717, 1.165) is 0 Å². The molecule has 110 valence electrons. The molecule has 0 unspecified atom stereocenters. The van der Waals surface area contributed by atoms with Gasteiger partial charge in [0.25, 0.3) is 5.56 Å². The van der Waals surface area contributed by atoms with E-state index in [1.807, 2.05) is 6.07 Å². The number of fused-ring (bicyclic) bond motifs is 1. The van der Waals surface area contributed by atoms with Gasteiger partial charge in [-0.25, -0.2) is 9.37 Å². The fourth-order valence-electron chi connectivity index (χ4n) is 2.16. The number of amides is 1. The van der Waals surface area contributed by atoms with Crippen LogP contribution in [0.25, 0.3) is 11.0 Å². The van der Waals surface area contributed by atoms with Crippen LogP contribution < -0.4 is 10.9 Å². The average molecular weight is 297 g/mol. The van der Waals surface area contributed by atoms with Crippen LogP contribution in [0, 0.1) is 5.82 Å². The average Bonchev–Trinajstić information content (AvgIpc) is 2.52. The van der Waals surface area contributed by atoms with E-state index in [9.17, 15) is 14.0 Å². The summed E-state index contributed by atoms with van der Waals surface area (Å²) in [5, 5.41) is 2.62. The largest absolute Gasteiger partial charge is 0.325 e. The van der Waals surface area contributed by atoms with E-state index in [2.05, 4.69) is 10.3 Å². The monoisotopic (exact) mass is 297 g/mol. The van der Waals surface area contributed by atoms with Crippen LogP contribution in [-0.4, -0.2) is 15.5 Å². The molecule has 0 spiro atoms. The van der Waals surface area contributed by atoms with Gasteiger partial charge in [-0.3, -0.25) is 14.2 Å². The number of anilines is 1.